The highest BCUT2D eigenvalue weighted by atomic mass is 15.1. The Balaban J connectivity index is 0.909. The van der Waals surface area contributed by atoms with Crippen LogP contribution in [0.15, 0.2) is 279 Å². The molecule has 15 rings (SSSR count). The third kappa shape index (κ3) is 8.62. The molecule has 0 saturated heterocycles. The van der Waals surface area contributed by atoms with E-state index in [4.69, 9.17) is 0 Å². The normalized spacial score (nSPS) is 12.4. The summed E-state index contributed by atoms with van der Waals surface area (Å²) >= 11 is 0. The summed E-state index contributed by atoms with van der Waals surface area (Å²) in [7, 11) is 0. The standard InChI is InChI=1S/C83H64N2/c1-53-17-13-19-61(45-53)75-47-55(3)29-37-69(75)70-38-30-56(4)48-76(70)62-20-15-27-67(51-62)84(65-23-9-7-10-24-65)79-43-35-59-34-42-74-80(44-36-60-33-41-73(79)81(59)82(60)74)85(66-25-11-8-12-26-66)68-28-16-22-64(52-68)83(63-21-14-18-54(2)46-63)77-49-57(5)31-39-71(77)72-40-32-58(6)50-78(72)83/h7-52H,1-6H3. The number of hydrogen-bond donors (Lipinski definition) is 0. The van der Waals surface area contributed by atoms with Crippen LogP contribution in [0.3, 0.4) is 0 Å². The Labute approximate surface area is 499 Å². The van der Waals surface area contributed by atoms with Gasteiger partial charge in [0, 0.05) is 33.5 Å². The summed E-state index contributed by atoms with van der Waals surface area (Å²) in [6.45, 7) is 13.2. The molecule has 0 radical (unpaired) electrons. The van der Waals surface area contributed by atoms with Crippen molar-refractivity contribution in [1.29, 1.82) is 0 Å². The van der Waals surface area contributed by atoms with Crippen LogP contribution in [0.4, 0.5) is 34.1 Å². The lowest BCUT2D eigenvalue weighted by atomic mass is 9.67. The van der Waals surface area contributed by atoms with Crippen LogP contribution in [-0.4, -0.2) is 0 Å². The van der Waals surface area contributed by atoms with E-state index >= 15 is 0 Å². The Kier molecular flexibility index (Phi) is 12.5. The van der Waals surface area contributed by atoms with Gasteiger partial charge in [0.05, 0.1) is 16.8 Å². The Hall–Kier alpha value is -10.3. The zero-order valence-electron chi connectivity index (χ0n) is 49.0. The molecule has 85 heavy (non-hydrogen) atoms. The molecular weight excluding hydrogens is 1020 g/mol. The number of nitrogens with zero attached hydrogens (tertiary/aromatic N) is 2. The van der Waals surface area contributed by atoms with Crippen molar-refractivity contribution in [3.05, 3.63) is 335 Å². The van der Waals surface area contributed by atoms with Crippen LogP contribution < -0.4 is 9.80 Å². The van der Waals surface area contributed by atoms with Gasteiger partial charge < -0.3 is 9.80 Å². The van der Waals surface area contributed by atoms with Crippen LogP contribution in [0.5, 0.6) is 0 Å². The van der Waals surface area contributed by atoms with Gasteiger partial charge in [0.2, 0.25) is 0 Å². The van der Waals surface area contributed by atoms with E-state index in [2.05, 4.69) is 330 Å². The lowest BCUT2D eigenvalue weighted by Gasteiger charge is -2.36. The van der Waals surface area contributed by atoms with Crippen LogP contribution in [-0.2, 0) is 5.41 Å². The van der Waals surface area contributed by atoms with E-state index in [1.165, 1.54) is 127 Å². The van der Waals surface area contributed by atoms with Gasteiger partial charge in [0.15, 0.2) is 0 Å². The van der Waals surface area contributed by atoms with Crippen LogP contribution in [0.25, 0.3) is 76.8 Å². The highest BCUT2D eigenvalue weighted by molar-refractivity contribution is 6.28. The number of hydrogen-bond acceptors (Lipinski definition) is 2. The summed E-state index contributed by atoms with van der Waals surface area (Å²) in [5.74, 6) is 0. The third-order valence-corrected chi connectivity index (χ3v) is 18.0. The SMILES string of the molecule is Cc1cccc(-c2cc(C)ccc2-c2ccc(C)cc2-c2cccc(N(c3ccccc3)c3ccc4ccc5c(N(c6ccccc6)c6cccc(C7(c8cccc(C)c8)c8cc(C)ccc8-c8ccc(C)cc87)c6)ccc6ccc3c4c65)c2)c1. The largest absolute Gasteiger partial charge is 0.310 e. The number of aryl methyl sites for hydroxylation is 6. The number of benzene rings is 14. The van der Waals surface area contributed by atoms with E-state index in [0.29, 0.717) is 0 Å². The van der Waals surface area contributed by atoms with Crippen molar-refractivity contribution >= 4 is 66.4 Å². The molecule has 2 nitrogen and oxygen atoms in total. The number of rotatable bonds is 11. The van der Waals surface area contributed by atoms with Crippen LogP contribution in [0.2, 0.25) is 0 Å². The van der Waals surface area contributed by atoms with E-state index in [9.17, 15) is 0 Å². The van der Waals surface area contributed by atoms with Gasteiger partial charge in [-0.15, -0.1) is 0 Å². The predicted octanol–water partition coefficient (Wildman–Crippen LogP) is 22.7. The van der Waals surface area contributed by atoms with Crippen molar-refractivity contribution in [3.8, 4) is 44.5 Å². The average Bonchev–Trinajstić information content (AvgIpc) is 1.70. The summed E-state index contributed by atoms with van der Waals surface area (Å²) < 4.78 is 0. The first-order chi connectivity index (χ1) is 41.6. The fraction of sp³-hybridized carbons (Fsp3) is 0.0843. The summed E-state index contributed by atoms with van der Waals surface area (Å²) in [6.07, 6.45) is 0. The fourth-order valence-corrected chi connectivity index (χ4v) is 14.2. The molecule has 0 bridgehead atoms. The molecule has 0 heterocycles. The molecule has 0 aromatic heterocycles. The van der Waals surface area contributed by atoms with Gasteiger partial charge >= 0.3 is 0 Å². The molecule has 2 heteroatoms. The highest BCUT2D eigenvalue weighted by Gasteiger charge is 2.46. The lowest BCUT2D eigenvalue weighted by Crippen LogP contribution is -2.29. The molecule has 0 unspecified atom stereocenters. The van der Waals surface area contributed by atoms with Gasteiger partial charge in [-0.1, -0.05) is 252 Å². The first-order valence-corrected chi connectivity index (χ1v) is 29.8. The van der Waals surface area contributed by atoms with E-state index in [-0.39, 0.29) is 0 Å². The molecule has 1 aliphatic rings. The quantitative estimate of drug-likeness (QED) is 0.119. The Morgan fingerprint density at radius 1 is 0.247 bits per heavy atom. The molecule has 0 amide bonds. The monoisotopic (exact) mass is 1090 g/mol. The number of fused-ring (bicyclic) bond motifs is 3. The maximum atomic E-state index is 2.49. The molecule has 406 valence electrons. The first kappa shape index (κ1) is 51.6. The number of para-hydroxylation sites is 2. The second-order valence-electron chi connectivity index (χ2n) is 23.7. The molecule has 0 saturated carbocycles. The lowest BCUT2D eigenvalue weighted by molar-refractivity contribution is 0.765. The molecule has 14 aromatic carbocycles. The summed E-state index contributed by atoms with van der Waals surface area (Å²) in [5.41, 5.74) is 28.6. The van der Waals surface area contributed by atoms with Crippen molar-refractivity contribution in [3.63, 3.8) is 0 Å². The van der Waals surface area contributed by atoms with Crippen molar-refractivity contribution < 1.29 is 0 Å². The number of anilines is 6. The van der Waals surface area contributed by atoms with Gasteiger partial charge in [0.1, 0.15) is 0 Å². The Morgan fingerprint density at radius 3 is 1.14 bits per heavy atom. The van der Waals surface area contributed by atoms with Gasteiger partial charge in [-0.3, -0.25) is 0 Å². The molecule has 0 N–H and O–H groups in total. The molecule has 14 aromatic rings. The van der Waals surface area contributed by atoms with Crippen molar-refractivity contribution in [2.45, 2.75) is 47.0 Å². The van der Waals surface area contributed by atoms with Crippen molar-refractivity contribution in [2.24, 2.45) is 0 Å². The first-order valence-electron chi connectivity index (χ1n) is 29.8. The highest BCUT2D eigenvalue weighted by Crippen LogP contribution is 2.58. The smallest absolute Gasteiger partial charge is 0.0714 e. The maximum absolute atomic E-state index is 2.49. The average molecular weight is 1090 g/mol. The topological polar surface area (TPSA) is 6.48 Å². The van der Waals surface area contributed by atoms with Crippen molar-refractivity contribution in [1.82, 2.24) is 0 Å². The molecular formula is C83H64N2. The molecule has 0 fully saturated rings. The van der Waals surface area contributed by atoms with Crippen LogP contribution in [0.1, 0.15) is 55.6 Å². The zero-order chi connectivity index (χ0) is 57.5. The van der Waals surface area contributed by atoms with E-state index in [0.717, 1.165) is 39.7 Å². The van der Waals surface area contributed by atoms with Crippen LogP contribution in [0, 0.1) is 41.5 Å². The van der Waals surface area contributed by atoms with Gasteiger partial charge in [-0.2, -0.15) is 0 Å². The molecule has 0 atom stereocenters. The third-order valence-electron chi connectivity index (χ3n) is 18.0. The van der Waals surface area contributed by atoms with Gasteiger partial charge in [-0.05, 0) is 191 Å². The van der Waals surface area contributed by atoms with Crippen molar-refractivity contribution in [2.75, 3.05) is 9.80 Å². The van der Waals surface area contributed by atoms with Gasteiger partial charge in [-0.25, -0.2) is 0 Å². The summed E-state index contributed by atoms with van der Waals surface area (Å²) in [6, 6.07) is 105. The molecule has 0 aliphatic heterocycles. The second-order valence-corrected chi connectivity index (χ2v) is 23.7. The summed E-state index contributed by atoms with van der Waals surface area (Å²) in [4.78, 5) is 4.95. The second kappa shape index (κ2) is 20.6. The maximum Gasteiger partial charge on any atom is 0.0714 e. The molecule has 1 aliphatic carbocycles. The summed E-state index contributed by atoms with van der Waals surface area (Å²) in [5, 5.41) is 7.31. The minimum Gasteiger partial charge on any atom is -0.310 e. The van der Waals surface area contributed by atoms with Crippen LogP contribution >= 0.6 is 0 Å². The minimum absolute atomic E-state index is 0.565. The van der Waals surface area contributed by atoms with E-state index < -0.39 is 5.41 Å². The van der Waals surface area contributed by atoms with E-state index in [1.54, 1.807) is 0 Å². The Bertz CT molecular complexity index is 4860. The predicted molar refractivity (Wildman–Crippen MR) is 362 cm³/mol. The molecule has 0 spiro atoms. The zero-order valence-corrected chi connectivity index (χ0v) is 49.0. The minimum atomic E-state index is -0.565. The fourth-order valence-electron chi connectivity index (χ4n) is 14.2. The van der Waals surface area contributed by atoms with Gasteiger partial charge in [0.25, 0.3) is 0 Å². The van der Waals surface area contributed by atoms with E-state index in [1.807, 2.05) is 0 Å². The Morgan fingerprint density at radius 2 is 0.635 bits per heavy atom.